The lowest BCUT2D eigenvalue weighted by Gasteiger charge is -2.29. The van der Waals surface area contributed by atoms with Gasteiger partial charge in [-0.05, 0) is 24.0 Å². The molecule has 0 saturated heterocycles. The van der Waals surface area contributed by atoms with Gasteiger partial charge in [-0.2, -0.15) is 0 Å². The second kappa shape index (κ2) is 3.81. The molecule has 0 radical (unpaired) electrons. The minimum Gasteiger partial charge on any atom is -0.384 e. The molecule has 0 unspecified atom stereocenters. The summed E-state index contributed by atoms with van der Waals surface area (Å²) in [5.74, 6) is 1.10. The number of nitrogen functional groups attached to an aromatic ring is 1. The quantitative estimate of drug-likeness (QED) is 0.687. The zero-order valence-electron chi connectivity index (χ0n) is 12.1. The Balaban J connectivity index is 2.12. The third kappa shape index (κ3) is 1.67. The zero-order valence-corrected chi connectivity index (χ0v) is 12.1. The van der Waals surface area contributed by atoms with Crippen molar-refractivity contribution < 1.29 is 4.79 Å². The van der Waals surface area contributed by atoms with E-state index in [9.17, 15) is 4.79 Å². The van der Waals surface area contributed by atoms with Gasteiger partial charge in [0.2, 0.25) is 5.78 Å². The number of ketones is 1. The van der Waals surface area contributed by atoms with Crippen LogP contribution in [-0.2, 0) is 6.42 Å². The molecule has 0 aliphatic heterocycles. The summed E-state index contributed by atoms with van der Waals surface area (Å²) in [6.07, 6.45) is 1.25. The number of carbonyl (C=O) groups excluding carboxylic acids is 1. The Bertz CT molecular complexity index is 907. The Morgan fingerprint density at radius 3 is 2.76 bits per heavy atom. The number of hydrogen-bond acceptors (Lipinski definition) is 4. The van der Waals surface area contributed by atoms with Crippen molar-refractivity contribution >= 4 is 28.4 Å². The molecule has 3 aromatic rings. The van der Waals surface area contributed by atoms with E-state index in [4.69, 9.17) is 5.73 Å². The van der Waals surface area contributed by atoms with Crippen LogP contribution >= 0.6 is 0 Å². The number of fused-ring (bicyclic) bond motifs is 4. The molecule has 2 N–H and O–H groups in total. The monoisotopic (exact) mass is 280 g/mol. The summed E-state index contributed by atoms with van der Waals surface area (Å²) in [5.41, 5.74) is 9.29. The maximum atomic E-state index is 12.5. The molecule has 106 valence electrons. The standard InChI is InChI=1S/C16H16N4O/c1-16(2)7-10-13(12(21)8-16)14(17)20-11-6-4-3-5-9(11)18-15(20)19-10/h3-6H,7-8,17H2,1-2H3. The normalized spacial score (nSPS) is 17.3. The van der Waals surface area contributed by atoms with Crippen LogP contribution in [0.3, 0.4) is 0 Å². The number of anilines is 1. The van der Waals surface area contributed by atoms with E-state index in [1.54, 1.807) is 4.40 Å². The van der Waals surface area contributed by atoms with Crippen molar-refractivity contribution in [1.82, 2.24) is 14.4 Å². The lowest BCUT2D eigenvalue weighted by atomic mass is 9.76. The van der Waals surface area contributed by atoms with Crippen LogP contribution in [0.25, 0.3) is 16.8 Å². The first-order valence-electron chi connectivity index (χ1n) is 7.05. The van der Waals surface area contributed by atoms with Gasteiger partial charge in [0.25, 0.3) is 0 Å². The minimum absolute atomic E-state index is 0.0749. The predicted molar refractivity (Wildman–Crippen MR) is 81.3 cm³/mol. The summed E-state index contributed by atoms with van der Waals surface area (Å²) < 4.78 is 1.78. The number of para-hydroxylation sites is 2. The highest BCUT2D eigenvalue weighted by molar-refractivity contribution is 6.03. The van der Waals surface area contributed by atoms with Crippen LogP contribution in [0.4, 0.5) is 5.82 Å². The number of rotatable bonds is 0. The summed E-state index contributed by atoms with van der Waals surface area (Å²) in [4.78, 5) is 21.6. The van der Waals surface area contributed by atoms with E-state index in [1.165, 1.54) is 0 Å². The van der Waals surface area contributed by atoms with Gasteiger partial charge >= 0.3 is 0 Å². The smallest absolute Gasteiger partial charge is 0.236 e. The van der Waals surface area contributed by atoms with Crippen molar-refractivity contribution in [3.05, 3.63) is 35.5 Å². The molecule has 1 aromatic carbocycles. The van der Waals surface area contributed by atoms with Gasteiger partial charge in [-0.3, -0.25) is 9.20 Å². The lowest BCUT2D eigenvalue weighted by molar-refractivity contribution is 0.0911. The van der Waals surface area contributed by atoms with E-state index < -0.39 is 0 Å². The van der Waals surface area contributed by atoms with Crippen molar-refractivity contribution in [1.29, 1.82) is 0 Å². The number of Topliss-reactive ketones (excluding diaryl/α,β-unsaturated/α-hetero) is 1. The predicted octanol–water partition coefficient (Wildman–Crippen LogP) is 2.62. The molecule has 1 aliphatic carbocycles. The molecule has 0 spiro atoms. The Kier molecular flexibility index (Phi) is 2.24. The first kappa shape index (κ1) is 12.3. The summed E-state index contributed by atoms with van der Waals surface area (Å²) in [7, 11) is 0. The van der Waals surface area contributed by atoms with E-state index in [0.29, 0.717) is 23.6 Å². The van der Waals surface area contributed by atoms with Gasteiger partial charge in [0.1, 0.15) is 5.82 Å². The molecule has 5 heteroatoms. The molecule has 2 heterocycles. The molecular weight excluding hydrogens is 264 g/mol. The van der Waals surface area contributed by atoms with Gasteiger partial charge in [-0.1, -0.05) is 26.0 Å². The van der Waals surface area contributed by atoms with E-state index >= 15 is 0 Å². The largest absolute Gasteiger partial charge is 0.384 e. The SMILES string of the molecule is CC1(C)CC(=O)c2c(nc3nc4ccccc4n3c2N)C1. The summed E-state index contributed by atoms with van der Waals surface area (Å²) in [5, 5.41) is 0. The molecule has 0 bridgehead atoms. The van der Waals surface area contributed by atoms with E-state index in [2.05, 4.69) is 23.8 Å². The van der Waals surface area contributed by atoms with Crippen molar-refractivity contribution in [2.45, 2.75) is 26.7 Å². The van der Waals surface area contributed by atoms with Crippen molar-refractivity contribution in [3.63, 3.8) is 0 Å². The molecule has 4 rings (SSSR count). The number of imidazole rings is 1. The van der Waals surface area contributed by atoms with Crippen LogP contribution in [0, 0.1) is 5.41 Å². The van der Waals surface area contributed by atoms with Gasteiger partial charge in [0, 0.05) is 6.42 Å². The average Bonchev–Trinajstić information content (AvgIpc) is 2.74. The fraction of sp³-hybridized carbons (Fsp3) is 0.312. The average molecular weight is 280 g/mol. The number of nitrogens with two attached hydrogens (primary N) is 1. The third-order valence-corrected chi connectivity index (χ3v) is 4.13. The molecule has 21 heavy (non-hydrogen) atoms. The van der Waals surface area contributed by atoms with Crippen LogP contribution in [0.15, 0.2) is 24.3 Å². The second-order valence-corrected chi connectivity index (χ2v) is 6.50. The van der Waals surface area contributed by atoms with Crippen LogP contribution < -0.4 is 5.73 Å². The maximum absolute atomic E-state index is 12.5. The Hall–Kier alpha value is -2.43. The molecule has 5 nitrogen and oxygen atoms in total. The number of benzene rings is 1. The van der Waals surface area contributed by atoms with Gasteiger partial charge < -0.3 is 5.73 Å². The van der Waals surface area contributed by atoms with Crippen molar-refractivity contribution in [2.24, 2.45) is 5.41 Å². The Morgan fingerprint density at radius 2 is 1.95 bits per heavy atom. The fourth-order valence-electron chi connectivity index (χ4n) is 3.23. The van der Waals surface area contributed by atoms with Gasteiger partial charge in [0.05, 0.1) is 22.3 Å². The fourth-order valence-corrected chi connectivity index (χ4v) is 3.23. The van der Waals surface area contributed by atoms with Crippen LogP contribution in [0.2, 0.25) is 0 Å². The highest BCUT2D eigenvalue weighted by Gasteiger charge is 2.34. The number of hydrogen-bond donors (Lipinski definition) is 1. The molecule has 0 amide bonds. The zero-order chi connectivity index (χ0) is 14.8. The van der Waals surface area contributed by atoms with Gasteiger partial charge in [-0.25, -0.2) is 9.97 Å². The molecule has 1 aliphatic rings. The lowest BCUT2D eigenvalue weighted by Crippen LogP contribution is -2.29. The first-order valence-corrected chi connectivity index (χ1v) is 7.05. The van der Waals surface area contributed by atoms with Crippen LogP contribution in [0.5, 0.6) is 0 Å². The number of nitrogens with zero attached hydrogens (tertiary/aromatic N) is 3. The molecular formula is C16H16N4O. The summed E-state index contributed by atoms with van der Waals surface area (Å²) in [6.45, 7) is 4.16. The highest BCUT2D eigenvalue weighted by Crippen LogP contribution is 2.37. The summed E-state index contributed by atoms with van der Waals surface area (Å²) in [6, 6.07) is 7.73. The number of carbonyl (C=O) groups is 1. The summed E-state index contributed by atoms with van der Waals surface area (Å²) >= 11 is 0. The second-order valence-electron chi connectivity index (χ2n) is 6.50. The van der Waals surface area contributed by atoms with Gasteiger partial charge in [-0.15, -0.1) is 0 Å². The van der Waals surface area contributed by atoms with E-state index in [-0.39, 0.29) is 11.2 Å². The molecule has 0 atom stereocenters. The van der Waals surface area contributed by atoms with Gasteiger partial charge in [0.15, 0.2) is 5.78 Å². The Labute approximate surface area is 121 Å². The molecule has 0 fully saturated rings. The maximum Gasteiger partial charge on any atom is 0.236 e. The number of aromatic nitrogens is 3. The first-order chi connectivity index (χ1) is 9.96. The Morgan fingerprint density at radius 1 is 1.19 bits per heavy atom. The van der Waals surface area contributed by atoms with E-state index in [0.717, 1.165) is 23.1 Å². The molecule has 0 saturated carbocycles. The third-order valence-electron chi connectivity index (χ3n) is 4.13. The van der Waals surface area contributed by atoms with Crippen LogP contribution in [-0.4, -0.2) is 20.2 Å². The minimum atomic E-state index is -0.0755. The highest BCUT2D eigenvalue weighted by atomic mass is 16.1. The topological polar surface area (TPSA) is 73.3 Å². The van der Waals surface area contributed by atoms with Crippen molar-refractivity contribution in [2.75, 3.05) is 5.73 Å². The molecule has 2 aromatic heterocycles. The van der Waals surface area contributed by atoms with E-state index in [1.807, 2.05) is 24.3 Å². The van der Waals surface area contributed by atoms with Crippen molar-refractivity contribution in [3.8, 4) is 0 Å². The van der Waals surface area contributed by atoms with Crippen LogP contribution in [0.1, 0.15) is 36.3 Å².